The molecule has 0 aromatic heterocycles. The Morgan fingerprint density at radius 2 is 1.94 bits per heavy atom. The van der Waals surface area contributed by atoms with Crippen molar-refractivity contribution in [2.24, 2.45) is 0 Å². The third kappa shape index (κ3) is 5.99. The molecule has 7 nitrogen and oxygen atoms in total. The first-order valence-electron chi connectivity index (χ1n) is 5.12. The van der Waals surface area contributed by atoms with Crippen LogP contribution in [0.4, 0.5) is 0 Å². The van der Waals surface area contributed by atoms with E-state index in [1.165, 1.54) is 0 Å². The lowest BCUT2D eigenvalue weighted by molar-refractivity contribution is -0.122. The average molecular weight is 284 g/mol. The van der Waals surface area contributed by atoms with Crippen molar-refractivity contribution in [3.63, 3.8) is 0 Å². The molecule has 1 unspecified atom stereocenters. The highest BCUT2D eigenvalue weighted by molar-refractivity contribution is 7.93. The van der Waals surface area contributed by atoms with E-state index in [0.29, 0.717) is 6.42 Å². The van der Waals surface area contributed by atoms with Gasteiger partial charge in [0.25, 0.3) is 0 Å². The maximum Gasteiger partial charge on any atom is 0.220 e. The highest BCUT2D eigenvalue weighted by atomic mass is 32.2. The number of hydrogen-bond acceptors (Lipinski definition) is 5. The number of rotatable bonds is 5. The topological polar surface area (TPSA) is 109 Å². The number of hydrogen-bond donors (Lipinski definition) is 2. The molecule has 0 aliphatic carbocycles. The predicted molar refractivity (Wildman–Crippen MR) is 62.7 cm³/mol. The van der Waals surface area contributed by atoms with Crippen LogP contribution in [-0.2, 0) is 24.7 Å². The van der Waals surface area contributed by atoms with Crippen molar-refractivity contribution < 1.29 is 21.6 Å². The van der Waals surface area contributed by atoms with Gasteiger partial charge in [-0.05, 0) is 6.42 Å². The largest absolute Gasteiger partial charge is 0.355 e. The third-order valence-electron chi connectivity index (χ3n) is 2.33. The van der Waals surface area contributed by atoms with Gasteiger partial charge in [0.15, 0.2) is 0 Å². The monoisotopic (exact) mass is 284 g/mol. The molecule has 1 aliphatic heterocycles. The Morgan fingerprint density at radius 1 is 1.29 bits per heavy atom. The second kappa shape index (κ2) is 5.32. The highest BCUT2D eigenvalue weighted by Crippen LogP contribution is 2.04. The van der Waals surface area contributed by atoms with Crippen LogP contribution in [0.2, 0.25) is 0 Å². The van der Waals surface area contributed by atoms with Crippen LogP contribution in [0.25, 0.3) is 0 Å². The number of sulfone groups is 1. The van der Waals surface area contributed by atoms with Gasteiger partial charge in [0.05, 0.1) is 11.5 Å². The molecule has 17 heavy (non-hydrogen) atoms. The summed E-state index contributed by atoms with van der Waals surface area (Å²) in [5.41, 5.74) is 0. The fourth-order valence-corrected chi connectivity index (χ4v) is 4.32. The van der Waals surface area contributed by atoms with Crippen LogP contribution in [0.3, 0.4) is 0 Å². The Hall–Kier alpha value is -0.670. The van der Waals surface area contributed by atoms with E-state index in [0.717, 1.165) is 6.26 Å². The number of nitrogens with one attached hydrogen (secondary N) is 2. The first kappa shape index (κ1) is 14.4. The molecule has 2 N–H and O–H groups in total. The SMILES string of the molecule is CS(=O)(=O)CCS(=O)(=O)NC1CCC(=O)NC1. The first-order chi connectivity index (χ1) is 7.68. The second-order valence-corrected chi connectivity index (χ2v) is 8.24. The molecule has 0 saturated carbocycles. The van der Waals surface area contributed by atoms with E-state index in [9.17, 15) is 21.6 Å². The lowest BCUT2D eigenvalue weighted by Crippen LogP contribution is -2.48. The summed E-state index contributed by atoms with van der Waals surface area (Å²) < 4.78 is 47.2. The van der Waals surface area contributed by atoms with E-state index in [4.69, 9.17) is 0 Å². The summed E-state index contributed by atoms with van der Waals surface area (Å²) in [4.78, 5) is 10.9. The van der Waals surface area contributed by atoms with Crippen LogP contribution < -0.4 is 10.0 Å². The number of sulfonamides is 1. The number of carbonyl (C=O) groups excluding carboxylic acids is 1. The molecule has 1 rings (SSSR count). The van der Waals surface area contributed by atoms with Gasteiger partial charge < -0.3 is 5.32 Å². The zero-order valence-electron chi connectivity index (χ0n) is 9.47. The Labute approximate surface area is 101 Å². The van der Waals surface area contributed by atoms with Gasteiger partial charge in [-0.2, -0.15) is 0 Å². The number of amides is 1. The Kier molecular flexibility index (Phi) is 4.50. The van der Waals surface area contributed by atoms with Crippen LogP contribution in [-0.4, -0.2) is 53.1 Å². The molecule has 1 atom stereocenters. The average Bonchev–Trinajstić information content (AvgIpc) is 2.18. The van der Waals surface area contributed by atoms with Crippen LogP contribution in [0.1, 0.15) is 12.8 Å². The molecular weight excluding hydrogens is 268 g/mol. The van der Waals surface area contributed by atoms with Gasteiger partial charge in [-0.25, -0.2) is 21.6 Å². The van der Waals surface area contributed by atoms with Crippen LogP contribution >= 0.6 is 0 Å². The smallest absolute Gasteiger partial charge is 0.220 e. The molecule has 100 valence electrons. The van der Waals surface area contributed by atoms with Crippen LogP contribution in [0.5, 0.6) is 0 Å². The van der Waals surface area contributed by atoms with Crippen molar-refractivity contribution in [2.75, 3.05) is 24.3 Å². The van der Waals surface area contributed by atoms with Crippen molar-refractivity contribution in [1.82, 2.24) is 10.0 Å². The van der Waals surface area contributed by atoms with Crippen molar-refractivity contribution in [1.29, 1.82) is 0 Å². The Bertz CT molecular complexity index is 472. The fraction of sp³-hybridized carbons (Fsp3) is 0.875. The summed E-state index contributed by atoms with van der Waals surface area (Å²) in [6, 6.07) is -0.350. The molecule has 1 heterocycles. The summed E-state index contributed by atoms with van der Waals surface area (Å²) in [6.07, 6.45) is 1.70. The molecule has 9 heteroatoms. The standard InChI is InChI=1S/C8H16N2O5S2/c1-16(12,13)4-5-17(14,15)10-7-2-3-8(11)9-6-7/h7,10H,2-6H2,1H3,(H,9,11). The van der Waals surface area contributed by atoms with E-state index in [1.807, 2.05) is 0 Å². The van der Waals surface area contributed by atoms with Crippen LogP contribution in [0.15, 0.2) is 0 Å². The molecule has 1 fully saturated rings. The van der Waals surface area contributed by atoms with Gasteiger partial charge >= 0.3 is 0 Å². The summed E-state index contributed by atoms with van der Waals surface area (Å²) in [5.74, 6) is -0.950. The van der Waals surface area contributed by atoms with E-state index in [-0.39, 0.29) is 24.9 Å². The quantitative estimate of drug-likeness (QED) is 0.621. The number of carbonyl (C=O) groups is 1. The zero-order chi connectivity index (χ0) is 13.1. The molecule has 1 amide bonds. The lowest BCUT2D eigenvalue weighted by atomic mass is 10.1. The molecular formula is C8H16N2O5S2. The maximum atomic E-state index is 11.5. The molecule has 1 aliphatic rings. The van der Waals surface area contributed by atoms with E-state index in [1.54, 1.807) is 0 Å². The van der Waals surface area contributed by atoms with Gasteiger partial charge in [-0.15, -0.1) is 0 Å². The zero-order valence-corrected chi connectivity index (χ0v) is 11.1. The van der Waals surface area contributed by atoms with E-state index < -0.39 is 31.4 Å². The maximum absolute atomic E-state index is 11.5. The summed E-state index contributed by atoms with van der Waals surface area (Å²) in [6.45, 7) is 0.247. The minimum Gasteiger partial charge on any atom is -0.355 e. The van der Waals surface area contributed by atoms with Gasteiger partial charge in [0, 0.05) is 25.3 Å². The molecule has 1 saturated heterocycles. The molecule has 0 radical (unpaired) electrons. The summed E-state index contributed by atoms with van der Waals surface area (Å²) in [5, 5.41) is 2.54. The highest BCUT2D eigenvalue weighted by Gasteiger charge is 2.23. The predicted octanol–water partition coefficient (Wildman–Crippen LogP) is -1.77. The second-order valence-electron chi connectivity index (χ2n) is 4.11. The van der Waals surface area contributed by atoms with Gasteiger partial charge in [-0.1, -0.05) is 0 Å². The van der Waals surface area contributed by atoms with Gasteiger partial charge in [0.2, 0.25) is 15.9 Å². The van der Waals surface area contributed by atoms with E-state index in [2.05, 4.69) is 10.0 Å². The van der Waals surface area contributed by atoms with Crippen molar-refractivity contribution >= 4 is 25.8 Å². The van der Waals surface area contributed by atoms with Crippen molar-refractivity contribution in [2.45, 2.75) is 18.9 Å². The fourth-order valence-electron chi connectivity index (χ4n) is 1.41. The molecule has 0 spiro atoms. The summed E-state index contributed by atoms with van der Waals surface area (Å²) in [7, 11) is -6.91. The van der Waals surface area contributed by atoms with Gasteiger partial charge in [0.1, 0.15) is 9.84 Å². The van der Waals surface area contributed by atoms with Crippen LogP contribution in [0, 0.1) is 0 Å². The Morgan fingerprint density at radius 3 is 2.41 bits per heavy atom. The number of piperidine rings is 1. The molecule has 0 aromatic carbocycles. The minimum absolute atomic E-state index is 0.100. The first-order valence-corrected chi connectivity index (χ1v) is 8.84. The minimum atomic E-state index is -3.61. The normalized spacial score (nSPS) is 22.2. The lowest BCUT2D eigenvalue weighted by Gasteiger charge is -2.23. The third-order valence-corrected chi connectivity index (χ3v) is 4.97. The Balaban J connectivity index is 2.47. The molecule has 0 bridgehead atoms. The van der Waals surface area contributed by atoms with E-state index >= 15 is 0 Å². The van der Waals surface area contributed by atoms with Crippen molar-refractivity contribution in [3.8, 4) is 0 Å². The molecule has 0 aromatic rings. The summed E-state index contributed by atoms with van der Waals surface area (Å²) >= 11 is 0. The van der Waals surface area contributed by atoms with Gasteiger partial charge in [-0.3, -0.25) is 4.79 Å². The van der Waals surface area contributed by atoms with Crippen molar-refractivity contribution in [3.05, 3.63) is 0 Å².